The fraction of sp³-hybridized carbons (Fsp3) is 0.316. The lowest BCUT2D eigenvalue weighted by atomic mass is 10.3. The molecule has 0 spiro atoms. The molecule has 1 aliphatic rings. The molecule has 0 atom stereocenters. The lowest BCUT2D eigenvalue weighted by Crippen LogP contribution is -3.14. The molecule has 1 aliphatic heterocycles. The molecule has 0 aliphatic carbocycles. The summed E-state index contributed by atoms with van der Waals surface area (Å²) in [7, 11) is -1.94. The van der Waals surface area contributed by atoms with Crippen molar-refractivity contribution in [1.29, 1.82) is 0 Å². The molecule has 3 aromatic rings. The van der Waals surface area contributed by atoms with Gasteiger partial charge in [0, 0.05) is 0 Å². The monoisotopic (exact) mass is 420 g/mol. The van der Waals surface area contributed by atoms with Gasteiger partial charge in [-0.25, -0.2) is 8.42 Å². The topological polar surface area (TPSA) is 69.1 Å². The quantitative estimate of drug-likeness (QED) is 0.634. The average Bonchev–Trinajstić information content (AvgIpc) is 3.04. The van der Waals surface area contributed by atoms with Gasteiger partial charge in [0.15, 0.2) is 12.3 Å². The number of aromatic nitrogens is 1. The Bertz CT molecular complexity index is 1130. The number of piperazine rings is 1. The third kappa shape index (κ3) is 3.58. The highest BCUT2D eigenvalue weighted by atomic mass is 32.2. The third-order valence-corrected chi connectivity index (χ3v) is 7.30. The van der Waals surface area contributed by atoms with Crippen molar-refractivity contribution < 1.29 is 22.5 Å². The molecule has 4 rings (SSSR count). The zero-order valence-electron chi connectivity index (χ0n) is 15.5. The molecular formula is C19H22N3O4S2+. The van der Waals surface area contributed by atoms with Gasteiger partial charge in [-0.3, -0.25) is 4.57 Å². The highest BCUT2D eigenvalue weighted by Gasteiger charge is 2.30. The van der Waals surface area contributed by atoms with Crippen LogP contribution in [0.5, 0.6) is 5.75 Å². The number of hydrogen-bond acceptors (Lipinski definition) is 5. The summed E-state index contributed by atoms with van der Waals surface area (Å²) in [6, 6.07) is 14.3. The molecule has 0 saturated carbocycles. The first kappa shape index (κ1) is 19.1. The van der Waals surface area contributed by atoms with Crippen LogP contribution < -0.4 is 9.64 Å². The first-order valence-electron chi connectivity index (χ1n) is 9.05. The fourth-order valence-electron chi connectivity index (χ4n) is 3.48. The number of rotatable bonds is 5. The van der Waals surface area contributed by atoms with Crippen LogP contribution in [0, 0.1) is 4.84 Å². The van der Waals surface area contributed by atoms with Crippen LogP contribution in [0.25, 0.3) is 11.1 Å². The van der Waals surface area contributed by atoms with E-state index in [0.29, 0.717) is 48.3 Å². The summed E-state index contributed by atoms with van der Waals surface area (Å²) in [5.41, 5.74) is 1.74. The zero-order chi connectivity index (χ0) is 19.7. The van der Waals surface area contributed by atoms with Crippen LogP contribution in [0.2, 0.25) is 0 Å². The normalized spacial score (nSPS) is 16.5. The summed E-state index contributed by atoms with van der Waals surface area (Å²) in [5.74, 6) is 0.636. The number of nitrogens with one attached hydrogen (secondary N) is 1. The van der Waals surface area contributed by atoms with Gasteiger partial charge in [0.2, 0.25) is 10.0 Å². The van der Waals surface area contributed by atoms with E-state index < -0.39 is 10.0 Å². The number of benzene rings is 2. The van der Waals surface area contributed by atoms with E-state index in [1.807, 2.05) is 28.8 Å². The Kier molecular flexibility index (Phi) is 5.24. The molecular weight excluding hydrogens is 398 g/mol. The van der Waals surface area contributed by atoms with Crippen molar-refractivity contribution in [3.8, 4) is 5.75 Å². The highest BCUT2D eigenvalue weighted by molar-refractivity contribution is 7.89. The number of methoxy groups -OCH3 is 1. The van der Waals surface area contributed by atoms with E-state index in [2.05, 4.69) is 0 Å². The van der Waals surface area contributed by atoms with Crippen LogP contribution in [0.15, 0.2) is 57.8 Å². The molecule has 9 heteroatoms. The standard InChI is InChI=1S/C19H21N3O4S2/c1-25-15-6-8-16(9-7-15)28(23,24)21-12-10-20(11-13-21)14-22-17-4-2-3-5-18(17)26-19(22)27/h2-9H,10-14H2,1H3/p+1. The predicted molar refractivity (Wildman–Crippen MR) is 107 cm³/mol. The predicted octanol–water partition coefficient (Wildman–Crippen LogP) is 1.52. The van der Waals surface area contributed by atoms with Crippen molar-refractivity contribution in [2.24, 2.45) is 0 Å². The van der Waals surface area contributed by atoms with Crippen molar-refractivity contribution in [2.45, 2.75) is 11.6 Å². The minimum atomic E-state index is -3.50. The van der Waals surface area contributed by atoms with Crippen molar-refractivity contribution in [3.05, 3.63) is 53.4 Å². The highest BCUT2D eigenvalue weighted by Crippen LogP contribution is 2.20. The van der Waals surface area contributed by atoms with E-state index in [1.54, 1.807) is 35.7 Å². The van der Waals surface area contributed by atoms with Crippen molar-refractivity contribution in [2.75, 3.05) is 33.3 Å². The number of hydrogen-bond donors (Lipinski definition) is 1. The summed E-state index contributed by atoms with van der Waals surface area (Å²) >= 11 is 5.35. The van der Waals surface area contributed by atoms with E-state index in [0.717, 1.165) is 11.1 Å². The Hall–Kier alpha value is -2.20. The fourth-order valence-corrected chi connectivity index (χ4v) is 5.18. The minimum Gasteiger partial charge on any atom is -0.497 e. The first-order valence-corrected chi connectivity index (χ1v) is 10.9. The van der Waals surface area contributed by atoms with E-state index in [9.17, 15) is 8.42 Å². The summed E-state index contributed by atoms with van der Waals surface area (Å²) in [4.78, 5) is 2.01. The number of quaternary nitrogens is 1. The van der Waals surface area contributed by atoms with E-state index in [-0.39, 0.29) is 0 Å². The van der Waals surface area contributed by atoms with E-state index in [1.165, 1.54) is 4.90 Å². The lowest BCUT2D eigenvalue weighted by Gasteiger charge is -2.31. The van der Waals surface area contributed by atoms with Gasteiger partial charge >= 0.3 is 0 Å². The van der Waals surface area contributed by atoms with Gasteiger partial charge in [-0.2, -0.15) is 4.31 Å². The van der Waals surface area contributed by atoms with Crippen LogP contribution in [0.1, 0.15) is 0 Å². The molecule has 0 amide bonds. The second-order valence-corrected chi connectivity index (χ2v) is 9.04. The van der Waals surface area contributed by atoms with Crippen molar-refractivity contribution in [1.82, 2.24) is 8.87 Å². The van der Waals surface area contributed by atoms with Gasteiger partial charge < -0.3 is 14.1 Å². The molecule has 1 fully saturated rings. The molecule has 1 aromatic heterocycles. The van der Waals surface area contributed by atoms with Crippen LogP contribution in [0.4, 0.5) is 0 Å². The van der Waals surface area contributed by atoms with Crippen LogP contribution in [-0.4, -0.2) is 50.6 Å². The van der Waals surface area contributed by atoms with E-state index >= 15 is 0 Å². The average molecular weight is 421 g/mol. The van der Waals surface area contributed by atoms with Crippen molar-refractivity contribution >= 4 is 33.3 Å². The van der Waals surface area contributed by atoms with Crippen LogP contribution >= 0.6 is 12.2 Å². The summed E-state index contributed by atoms with van der Waals surface area (Å²) in [6.45, 7) is 3.00. The minimum absolute atomic E-state index is 0.291. The number of para-hydroxylation sites is 2. The Morgan fingerprint density at radius 3 is 2.46 bits per heavy atom. The maximum absolute atomic E-state index is 12.9. The Morgan fingerprint density at radius 1 is 1.11 bits per heavy atom. The van der Waals surface area contributed by atoms with Gasteiger partial charge in [0.25, 0.3) is 4.84 Å². The SMILES string of the molecule is COc1ccc(S(=O)(=O)N2CC[NH+](Cn3c(=S)oc4ccccc43)CC2)cc1. The zero-order valence-corrected chi connectivity index (χ0v) is 17.1. The molecule has 0 bridgehead atoms. The molecule has 7 nitrogen and oxygen atoms in total. The Labute approximate surface area is 168 Å². The first-order chi connectivity index (χ1) is 13.5. The van der Waals surface area contributed by atoms with Crippen LogP contribution in [0.3, 0.4) is 0 Å². The van der Waals surface area contributed by atoms with Gasteiger partial charge in [-0.15, -0.1) is 0 Å². The molecule has 1 saturated heterocycles. The number of nitrogens with zero attached hydrogens (tertiary/aromatic N) is 2. The number of ether oxygens (including phenoxy) is 1. The molecule has 1 N–H and O–H groups in total. The second kappa shape index (κ2) is 7.67. The molecule has 148 valence electrons. The largest absolute Gasteiger partial charge is 0.497 e. The van der Waals surface area contributed by atoms with Crippen LogP contribution in [-0.2, 0) is 16.7 Å². The molecule has 28 heavy (non-hydrogen) atoms. The van der Waals surface area contributed by atoms with Crippen molar-refractivity contribution in [3.63, 3.8) is 0 Å². The summed E-state index contributed by atoms with van der Waals surface area (Å²) < 4.78 is 40.0. The summed E-state index contributed by atoms with van der Waals surface area (Å²) in [6.07, 6.45) is 0. The molecule has 2 heterocycles. The number of fused-ring (bicyclic) bond motifs is 1. The third-order valence-electron chi connectivity index (χ3n) is 5.08. The van der Waals surface area contributed by atoms with E-state index in [4.69, 9.17) is 21.4 Å². The maximum Gasteiger partial charge on any atom is 0.274 e. The second-order valence-electron chi connectivity index (χ2n) is 6.75. The Balaban J connectivity index is 1.45. The number of oxazole rings is 1. The molecule has 0 radical (unpaired) electrons. The smallest absolute Gasteiger partial charge is 0.274 e. The maximum atomic E-state index is 12.9. The summed E-state index contributed by atoms with van der Waals surface area (Å²) in [5, 5.41) is 0. The van der Waals surface area contributed by atoms with Gasteiger partial charge in [-0.05, 0) is 48.6 Å². The molecule has 2 aromatic carbocycles. The van der Waals surface area contributed by atoms with Gasteiger partial charge in [0.1, 0.15) is 5.75 Å². The Morgan fingerprint density at radius 2 is 1.79 bits per heavy atom. The number of sulfonamides is 1. The van der Waals surface area contributed by atoms with Gasteiger partial charge in [-0.1, -0.05) is 12.1 Å². The van der Waals surface area contributed by atoms with Gasteiger partial charge in [0.05, 0.1) is 43.7 Å². The lowest BCUT2D eigenvalue weighted by molar-refractivity contribution is -0.926. The molecule has 0 unspecified atom stereocenters.